The Morgan fingerprint density at radius 1 is 1.19 bits per heavy atom. The highest BCUT2D eigenvalue weighted by atomic mass is 79.9. The molecule has 1 atom stereocenters. The van der Waals surface area contributed by atoms with E-state index < -0.39 is 0 Å². The minimum Gasteiger partial charge on any atom is -1.00 e. The maximum atomic E-state index is 5.64. The average molecular weight is 292 g/mol. The Hall–Kier alpha value is 0.400. The molecule has 0 aromatic carbocycles. The van der Waals surface area contributed by atoms with Gasteiger partial charge < -0.3 is 26.2 Å². The number of rotatable bonds is 5. The SMILES string of the molecule is CCCCC[N+]12CCC(CC1)C(OC)C2.[Br-]. The number of halogens is 1. The number of piperidine rings is 3. The fourth-order valence-corrected chi connectivity index (χ4v) is 3.50. The monoisotopic (exact) mass is 291 g/mol. The molecule has 0 amide bonds. The molecule has 3 aliphatic rings. The molecule has 0 saturated carbocycles. The van der Waals surface area contributed by atoms with Crippen LogP contribution in [0.15, 0.2) is 0 Å². The average Bonchev–Trinajstić information content (AvgIpc) is 2.30. The van der Waals surface area contributed by atoms with Crippen LogP contribution in [0.2, 0.25) is 0 Å². The molecule has 2 nitrogen and oxygen atoms in total. The van der Waals surface area contributed by atoms with Crippen molar-refractivity contribution in [3.63, 3.8) is 0 Å². The van der Waals surface area contributed by atoms with Gasteiger partial charge in [0.25, 0.3) is 0 Å². The van der Waals surface area contributed by atoms with E-state index in [0.29, 0.717) is 6.10 Å². The van der Waals surface area contributed by atoms with Crippen molar-refractivity contribution in [2.45, 2.75) is 45.1 Å². The van der Waals surface area contributed by atoms with Crippen molar-refractivity contribution in [3.05, 3.63) is 0 Å². The van der Waals surface area contributed by atoms with Crippen LogP contribution in [0, 0.1) is 5.92 Å². The van der Waals surface area contributed by atoms with Crippen LogP contribution >= 0.6 is 0 Å². The highest BCUT2D eigenvalue weighted by Crippen LogP contribution is 2.35. The van der Waals surface area contributed by atoms with Gasteiger partial charge in [-0.05, 0) is 12.8 Å². The summed E-state index contributed by atoms with van der Waals surface area (Å²) >= 11 is 0. The van der Waals surface area contributed by atoms with Gasteiger partial charge in [-0.3, -0.25) is 0 Å². The van der Waals surface area contributed by atoms with E-state index >= 15 is 0 Å². The molecule has 3 aliphatic heterocycles. The zero-order valence-corrected chi connectivity index (χ0v) is 12.3. The van der Waals surface area contributed by atoms with Crippen LogP contribution in [0.1, 0.15) is 39.0 Å². The van der Waals surface area contributed by atoms with Gasteiger partial charge in [-0.2, -0.15) is 0 Å². The summed E-state index contributed by atoms with van der Waals surface area (Å²) in [4.78, 5) is 0. The third-order valence-electron chi connectivity index (χ3n) is 4.58. The van der Waals surface area contributed by atoms with E-state index in [0.717, 1.165) is 5.92 Å². The lowest BCUT2D eigenvalue weighted by atomic mass is 9.83. The molecule has 0 aromatic rings. The first-order valence-corrected chi connectivity index (χ1v) is 6.67. The van der Waals surface area contributed by atoms with Crippen LogP contribution in [0.4, 0.5) is 0 Å². The molecule has 16 heavy (non-hydrogen) atoms. The van der Waals surface area contributed by atoms with E-state index in [1.54, 1.807) is 0 Å². The summed E-state index contributed by atoms with van der Waals surface area (Å²) in [7, 11) is 1.90. The van der Waals surface area contributed by atoms with Gasteiger partial charge in [0.2, 0.25) is 0 Å². The lowest BCUT2D eigenvalue weighted by molar-refractivity contribution is -0.946. The first kappa shape index (κ1) is 14.5. The number of methoxy groups -OCH3 is 1. The highest BCUT2D eigenvalue weighted by molar-refractivity contribution is 4.80. The fourth-order valence-electron chi connectivity index (χ4n) is 3.50. The summed E-state index contributed by atoms with van der Waals surface area (Å²) in [6.07, 6.45) is 7.54. The Labute approximate surface area is 111 Å². The molecule has 0 aromatic heterocycles. The number of hydrogen-bond acceptors (Lipinski definition) is 1. The predicted molar refractivity (Wildman–Crippen MR) is 62.8 cm³/mol. The Morgan fingerprint density at radius 2 is 1.88 bits per heavy atom. The van der Waals surface area contributed by atoms with E-state index in [1.807, 2.05) is 7.11 Å². The molecule has 0 aliphatic carbocycles. The molecule has 3 fully saturated rings. The zero-order valence-electron chi connectivity index (χ0n) is 10.8. The molecule has 96 valence electrons. The van der Waals surface area contributed by atoms with Crippen molar-refractivity contribution in [1.82, 2.24) is 0 Å². The second-order valence-electron chi connectivity index (χ2n) is 5.51. The van der Waals surface area contributed by atoms with Crippen LogP contribution < -0.4 is 17.0 Å². The van der Waals surface area contributed by atoms with Crippen LogP contribution in [0.25, 0.3) is 0 Å². The first-order chi connectivity index (χ1) is 7.29. The largest absolute Gasteiger partial charge is 1.00 e. The van der Waals surface area contributed by atoms with Gasteiger partial charge in [0.15, 0.2) is 0 Å². The lowest BCUT2D eigenvalue weighted by Crippen LogP contribution is -3.00. The van der Waals surface area contributed by atoms with E-state index in [2.05, 4.69) is 6.92 Å². The zero-order chi connectivity index (χ0) is 10.7. The molecule has 2 bridgehead atoms. The summed E-state index contributed by atoms with van der Waals surface area (Å²) in [5.41, 5.74) is 0. The molecule has 3 rings (SSSR count). The standard InChI is InChI=1S/C13H26NO.BrH/c1-3-4-5-8-14-9-6-12(7-10-14)13(11-14)15-2;/h12-13H,3-11H2,1-2H3;1H/q+1;/p-1. The van der Waals surface area contributed by atoms with Crippen molar-refractivity contribution in [2.24, 2.45) is 5.92 Å². The number of nitrogens with zero attached hydrogens (tertiary/aromatic N) is 1. The normalized spacial score (nSPS) is 37.1. The van der Waals surface area contributed by atoms with Crippen molar-refractivity contribution >= 4 is 0 Å². The van der Waals surface area contributed by atoms with Gasteiger partial charge >= 0.3 is 0 Å². The second kappa shape index (κ2) is 6.36. The molecule has 0 spiro atoms. The van der Waals surface area contributed by atoms with Crippen LogP contribution in [-0.2, 0) is 4.74 Å². The third kappa shape index (κ3) is 2.99. The summed E-state index contributed by atoms with van der Waals surface area (Å²) in [5.74, 6) is 0.876. The molecule has 3 heterocycles. The number of unbranched alkanes of at least 4 members (excludes halogenated alkanes) is 2. The van der Waals surface area contributed by atoms with E-state index in [1.165, 1.54) is 62.8 Å². The number of hydrogen-bond donors (Lipinski definition) is 0. The topological polar surface area (TPSA) is 9.23 Å². The van der Waals surface area contributed by atoms with E-state index in [4.69, 9.17) is 4.74 Å². The molecule has 3 heteroatoms. The Kier molecular flexibility index (Phi) is 5.75. The third-order valence-corrected chi connectivity index (χ3v) is 4.58. The lowest BCUT2D eigenvalue weighted by Gasteiger charge is -2.52. The summed E-state index contributed by atoms with van der Waals surface area (Å²) < 4.78 is 7.01. The quantitative estimate of drug-likeness (QED) is 0.487. The van der Waals surface area contributed by atoms with Crippen molar-refractivity contribution in [2.75, 3.05) is 33.3 Å². The maximum Gasteiger partial charge on any atom is 0.109 e. The van der Waals surface area contributed by atoms with Gasteiger partial charge in [-0.15, -0.1) is 0 Å². The Bertz CT molecular complexity index is 202. The van der Waals surface area contributed by atoms with Crippen LogP contribution in [0.5, 0.6) is 0 Å². The summed E-state index contributed by atoms with van der Waals surface area (Å²) in [6.45, 7) is 7.84. The van der Waals surface area contributed by atoms with E-state index in [9.17, 15) is 0 Å². The number of ether oxygens (including phenoxy) is 1. The van der Waals surface area contributed by atoms with Gasteiger partial charge in [-0.1, -0.05) is 13.3 Å². The minimum absolute atomic E-state index is 0. The first-order valence-electron chi connectivity index (χ1n) is 6.67. The molecule has 0 N–H and O–H groups in total. The van der Waals surface area contributed by atoms with Gasteiger partial charge in [0.1, 0.15) is 12.6 Å². The Balaban J connectivity index is 0.00000128. The molecule has 0 radical (unpaired) electrons. The van der Waals surface area contributed by atoms with E-state index in [-0.39, 0.29) is 17.0 Å². The van der Waals surface area contributed by atoms with Crippen molar-refractivity contribution < 1.29 is 26.2 Å². The summed E-state index contributed by atoms with van der Waals surface area (Å²) in [5, 5.41) is 0. The van der Waals surface area contributed by atoms with Crippen LogP contribution in [0.3, 0.4) is 0 Å². The van der Waals surface area contributed by atoms with Gasteiger partial charge in [0.05, 0.1) is 19.6 Å². The smallest absolute Gasteiger partial charge is 0.109 e. The highest BCUT2D eigenvalue weighted by Gasteiger charge is 2.45. The van der Waals surface area contributed by atoms with Crippen LogP contribution in [-0.4, -0.2) is 43.9 Å². The molecule has 3 saturated heterocycles. The number of quaternary nitrogens is 1. The second-order valence-corrected chi connectivity index (χ2v) is 5.51. The van der Waals surface area contributed by atoms with Gasteiger partial charge in [-0.25, -0.2) is 0 Å². The van der Waals surface area contributed by atoms with Crippen molar-refractivity contribution in [3.8, 4) is 0 Å². The molecular formula is C13H26BrNO. The summed E-state index contributed by atoms with van der Waals surface area (Å²) in [6, 6.07) is 0. The maximum absolute atomic E-state index is 5.64. The minimum atomic E-state index is 0. The van der Waals surface area contributed by atoms with Crippen molar-refractivity contribution in [1.29, 1.82) is 0 Å². The fraction of sp³-hybridized carbons (Fsp3) is 1.00. The predicted octanol–water partition coefficient (Wildman–Crippen LogP) is -0.564. The Morgan fingerprint density at radius 3 is 2.44 bits per heavy atom. The number of fused-ring (bicyclic) bond motifs is 3. The molecule has 1 unspecified atom stereocenters. The molecular weight excluding hydrogens is 266 g/mol. The van der Waals surface area contributed by atoms with Gasteiger partial charge in [0, 0.05) is 25.9 Å².